The van der Waals surface area contributed by atoms with E-state index >= 15 is 0 Å². The molecule has 0 bridgehead atoms. The number of rotatable bonds is 6. The molecule has 7 heteroatoms. The first kappa shape index (κ1) is 21.8. The molecule has 0 saturated carbocycles. The molecular formula is C23H26N2O4S. The van der Waals surface area contributed by atoms with E-state index in [1.807, 2.05) is 37.3 Å². The van der Waals surface area contributed by atoms with E-state index in [2.05, 4.69) is 24.9 Å². The second-order valence-electron chi connectivity index (χ2n) is 7.42. The fourth-order valence-electron chi connectivity index (χ4n) is 3.25. The molecule has 2 aromatic carbocycles. The molecule has 3 aromatic rings. The number of hydrogen-bond donors (Lipinski definition) is 0. The Hall–Kier alpha value is -2.93. The Bertz CT molecular complexity index is 1160. The fraction of sp³-hybridized carbons (Fsp3) is 0.348. The summed E-state index contributed by atoms with van der Waals surface area (Å²) in [6, 6.07) is 11.7. The SMILES string of the molecule is COC(=O)Cn1c(=NC(=O)Cc2ccc(OC)c(C)c2)sc2cc(C(C)C)ccc21. The summed E-state index contributed by atoms with van der Waals surface area (Å²) >= 11 is 1.40. The summed E-state index contributed by atoms with van der Waals surface area (Å²) in [5, 5.41) is 0. The van der Waals surface area contributed by atoms with Crippen LogP contribution in [-0.4, -0.2) is 30.7 Å². The molecule has 0 fully saturated rings. The lowest BCUT2D eigenvalue weighted by Gasteiger charge is -2.07. The number of fused-ring (bicyclic) bond motifs is 1. The lowest BCUT2D eigenvalue weighted by Crippen LogP contribution is -2.22. The highest BCUT2D eigenvalue weighted by atomic mass is 32.1. The van der Waals surface area contributed by atoms with Crippen molar-refractivity contribution in [3.63, 3.8) is 0 Å². The fourth-order valence-corrected chi connectivity index (χ4v) is 4.35. The molecule has 0 atom stereocenters. The number of thiazole rings is 1. The Balaban J connectivity index is 2.00. The predicted octanol–water partition coefficient (Wildman–Crippen LogP) is 3.99. The molecule has 1 heterocycles. The van der Waals surface area contributed by atoms with E-state index in [0.717, 1.165) is 27.1 Å². The molecule has 3 rings (SSSR count). The highest BCUT2D eigenvalue weighted by molar-refractivity contribution is 7.16. The predicted molar refractivity (Wildman–Crippen MR) is 118 cm³/mol. The van der Waals surface area contributed by atoms with Gasteiger partial charge >= 0.3 is 5.97 Å². The van der Waals surface area contributed by atoms with Crippen LogP contribution in [0.5, 0.6) is 5.75 Å². The first-order valence-corrected chi connectivity index (χ1v) is 10.5. The molecule has 158 valence electrons. The van der Waals surface area contributed by atoms with E-state index in [9.17, 15) is 9.59 Å². The van der Waals surface area contributed by atoms with Crippen molar-refractivity contribution >= 4 is 33.4 Å². The molecule has 1 amide bonds. The zero-order chi connectivity index (χ0) is 21.8. The van der Waals surface area contributed by atoms with Crippen LogP contribution in [0, 0.1) is 6.92 Å². The molecule has 0 N–H and O–H groups in total. The van der Waals surface area contributed by atoms with Crippen molar-refractivity contribution in [3.05, 3.63) is 57.9 Å². The Morgan fingerprint density at radius 1 is 1.13 bits per heavy atom. The van der Waals surface area contributed by atoms with E-state index in [0.29, 0.717) is 10.7 Å². The van der Waals surface area contributed by atoms with Gasteiger partial charge in [-0.25, -0.2) is 0 Å². The van der Waals surface area contributed by atoms with Gasteiger partial charge in [0, 0.05) is 0 Å². The molecule has 0 radical (unpaired) electrons. The van der Waals surface area contributed by atoms with Gasteiger partial charge in [0.1, 0.15) is 12.3 Å². The van der Waals surface area contributed by atoms with E-state index < -0.39 is 0 Å². The Labute approximate surface area is 179 Å². The smallest absolute Gasteiger partial charge is 0.325 e. The highest BCUT2D eigenvalue weighted by Crippen LogP contribution is 2.24. The maximum atomic E-state index is 12.7. The van der Waals surface area contributed by atoms with Gasteiger partial charge in [-0.05, 0) is 47.7 Å². The first-order valence-electron chi connectivity index (χ1n) is 9.73. The Morgan fingerprint density at radius 3 is 2.53 bits per heavy atom. The van der Waals surface area contributed by atoms with Crippen LogP contribution >= 0.6 is 11.3 Å². The summed E-state index contributed by atoms with van der Waals surface area (Å²) in [4.78, 5) is 29.5. The molecule has 1 aromatic heterocycles. The summed E-state index contributed by atoms with van der Waals surface area (Å²) in [5.74, 6) is 0.506. The second-order valence-corrected chi connectivity index (χ2v) is 8.42. The number of benzene rings is 2. The van der Waals surface area contributed by atoms with E-state index in [1.165, 1.54) is 24.0 Å². The van der Waals surface area contributed by atoms with Crippen molar-refractivity contribution in [2.24, 2.45) is 4.99 Å². The molecule has 0 spiro atoms. The second kappa shape index (κ2) is 9.26. The van der Waals surface area contributed by atoms with E-state index in [4.69, 9.17) is 9.47 Å². The van der Waals surface area contributed by atoms with Gasteiger partial charge in [0.15, 0.2) is 4.80 Å². The lowest BCUT2D eigenvalue weighted by molar-refractivity contribution is -0.141. The zero-order valence-corrected chi connectivity index (χ0v) is 18.7. The van der Waals surface area contributed by atoms with Gasteiger partial charge in [0.05, 0.1) is 30.9 Å². The van der Waals surface area contributed by atoms with Gasteiger partial charge in [-0.15, -0.1) is 0 Å². The number of amides is 1. The van der Waals surface area contributed by atoms with Crippen molar-refractivity contribution in [1.82, 2.24) is 4.57 Å². The van der Waals surface area contributed by atoms with E-state index in [1.54, 1.807) is 11.7 Å². The maximum Gasteiger partial charge on any atom is 0.325 e. The summed E-state index contributed by atoms with van der Waals surface area (Å²) < 4.78 is 12.8. The zero-order valence-electron chi connectivity index (χ0n) is 17.9. The maximum absolute atomic E-state index is 12.7. The van der Waals surface area contributed by atoms with Crippen molar-refractivity contribution in [2.45, 2.75) is 39.7 Å². The average Bonchev–Trinajstić information content (AvgIpc) is 3.03. The summed E-state index contributed by atoms with van der Waals surface area (Å²) in [7, 11) is 2.97. The van der Waals surface area contributed by atoms with Gasteiger partial charge in [0.25, 0.3) is 5.91 Å². The van der Waals surface area contributed by atoms with Crippen LogP contribution in [0.2, 0.25) is 0 Å². The summed E-state index contributed by atoms with van der Waals surface area (Å²) in [5.41, 5.74) is 3.89. The number of hydrogen-bond acceptors (Lipinski definition) is 5. The van der Waals surface area contributed by atoms with Gasteiger partial charge < -0.3 is 14.0 Å². The van der Waals surface area contributed by atoms with Crippen molar-refractivity contribution < 1.29 is 19.1 Å². The normalized spacial score (nSPS) is 11.9. The minimum Gasteiger partial charge on any atom is -0.496 e. The van der Waals surface area contributed by atoms with Crippen LogP contribution in [-0.2, 0) is 27.3 Å². The third kappa shape index (κ3) is 4.79. The highest BCUT2D eigenvalue weighted by Gasteiger charge is 2.13. The van der Waals surface area contributed by atoms with Crippen molar-refractivity contribution in [3.8, 4) is 5.75 Å². The van der Waals surface area contributed by atoms with Crippen molar-refractivity contribution in [1.29, 1.82) is 0 Å². The Kier molecular flexibility index (Phi) is 6.72. The molecule has 0 aliphatic heterocycles. The van der Waals surface area contributed by atoms with Crippen LogP contribution in [0.4, 0.5) is 0 Å². The molecule has 0 unspecified atom stereocenters. The number of aryl methyl sites for hydroxylation is 1. The first-order chi connectivity index (χ1) is 14.3. The molecule has 30 heavy (non-hydrogen) atoms. The lowest BCUT2D eigenvalue weighted by atomic mass is 10.0. The van der Waals surface area contributed by atoms with E-state index in [-0.39, 0.29) is 24.8 Å². The number of methoxy groups -OCH3 is 2. The quantitative estimate of drug-likeness (QED) is 0.559. The van der Waals surface area contributed by atoms with Crippen LogP contribution < -0.4 is 9.54 Å². The largest absolute Gasteiger partial charge is 0.496 e. The summed E-state index contributed by atoms with van der Waals surface area (Å²) in [6.45, 7) is 6.20. The van der Waals surface area contributed by atoms with Gasteiger partial charge in [-0.2, -0.15) is 4.99 Å². The summed E-state index contributed by atoms with van der Waals surface area (Å²) in [6.07, 6.45) is 0.175. The number of carbonyl (C=O) groups excluding carboxylic acids is 2. The topological polar surface area (TPSA) is 69.9 Å². The average molecular weight is 427 g/mol. The minimum atomic E-state index is -0.387. The Morgan fingerprint density at radius 2 is 1.90 bits per heavy atom. The standard InChI is InChI=1S/C23H26N2O4S/c1-14(2)17-7-8-18-20(12-17)30-23(25(18)13-22(27)29-5)24-21(26)11-16-6-9-19(28-4)15(3)10-16/h6-10,12,14H,11,13H2,1-5H3. The van der Waals surface area contributed by atoms with Gasteiger partial charge in [-0.1, -0.05) is 43.4 Å². The monoisotopic (exact) mass is 426 g/mol. The minimum absolute atomic E-state index is 0.00524. The third-order valence-electron chi connectivity index (χ3n) is 4.92. The number of ether oxygens (including phenoxy) is 2. The third-order valence-corrected chi connectivity index (χ3v) is 5.96. The number of nitrogens with zero attached hydrogens (tertiary/aromatic N) is 2. The van der Waals surface area contributed by atoms with Crippen LogP contribution in [0.25, 0.3) is 10.2 Å². The number of carbonyl (C=O) groups is 2. The number of aromatic nitrogens is 1. The van der Waals surface area contributed by atoms with Gasteiger partial charge in [-0.3, -0.25) is 9.59 Å². The van der Waals surface area contributed by atoms with Crippen LogP contribution in [0.15, 0.2) is 41.4 Å². The molecule has 0 saturated heterocycles. The molecule has 6 nitrogen and oxygen atoms in total. The molecule has 0 aliphatic rings. The molecular weight excluding hydrogens is 400 g/mol. The van der Waals surface area contributed by atoms with Gasteiger partial charge in [0.2, 0.25) is 0 Å². The van der Waals surface area contributed by atoms with Crippen LogP contribution in [0.1, 0.15) is 36.5 Å². The number of esters is 1. The molecule has 0 aliphatic carbocycles. The van der Waals surface area contributed by atoms with Crippen LogP contribution in [0.3, 0.4) is 0 Å². The van der Waals surface area contributed by atoms with Crippen molar-refractivity contribution in [2.75, 3.05) is 14.2 Å².